The van der Waals surface area contributed by atoms with Gasteiger partial charge in [0.15, 0.2) is 5.72 Å². The SMILES string of the molecule is O=C1N[C@@]23CCCC[C@H]2[C@@H](/C1=C(O)\C=C\c1ccccc1)c1ccccc1O3. The molecule has 2 fully saturated rings. The molecule has 0 aromatic heterocycles. The molecule has 2 aromatic carbocycles. The Kier molecular flexibility index (Phi) is 4.00. The van der Waals surface area contributed by atoms with E-state index in [0.29, 0.717) is 5.57 Å². The fraction of sp³-hybridized carbons (Fsp3) is 0.292. The largest absolute Gasteiger partial charge is 0.507 e. The fourth-order valence-corrected chi connectivity index (χ4v) is 5.02. The Hall–Kier alpha value is -3.01. The third kappa shape index (κ3) is 2.63. The van der Waals surface area contributed by atoms with Gasteiger partial charge in [0.25, 0.3) is 5.91 Å². The molecule has 2 N–H and O–H groups in total. The molecule has 1 aliphatic carbocycles. The van der Waals surface area contributed by atoms with Crippen molar-refractivity contribution in [3.63, 3.8) is 0 Å². The summed E-state index contributed by atoms with van der Waals surface area (Å²) in [7, 11) is 0. The molecule has 2 bridgehead atoms. The van der Waals surface area contributed by atoms with Crippen LogP contribution in [-0.2, 0) is 4.79 Å². The molecule has 3 aliphatic rings. The summed E-state index contributed by atoms with van der Waals surface area (Å²) in [4.78, 5) is 13.1. The second-order valence-electron chi connectivity index (χ2n) is 7.86. The Morgan fingerprint density at radius 2 is 1.89 bits per heavy atom. The van der Waals surface area contributed by atoms with E-state index in [1.54, 1.807) is 6.08 Å². The van der Waals surface area contributed by atoms with E-state index in [0.717, 1.165) is 42.6 Å². The summed E-state index contributed by atoms with van der Waals surface area (Å²) < 4.78 is 6.37. The number of allylic oxidation sites excluding steroid dienone is 1. The summed E-state index contributed by atoms with van der Waals surface area (Å²) in [5, 5.41) is 14.0. The number of hydrogen-bond donors (Lipinski definition) is 2. The van der Waals surface area contributed by atoms with Gasteiger partial charge in [0, 0.05) is 23.8 Å². The molecule has 0 spiro atoms. The van der Waals surface area contributed by atoms with E-state index < -0.39 is 5.72 Å². The van der Waals surface area contributed by atoms with E-state index in [-0.39, 0.29) is 23.5 Å². The third-order valence-corrected chi connectivity index (χ3v) is 6.25. The molecule has 0 radical (unpaired) electrons. The molecule has 1 saturated heterocycles. The average Bonchev–Trinajstić information content (AvgIpc) is 2.72. The predicted octanol–water partition coefficient (Wildman–Crippen LogP) is 4.70. The molecular formula is C24H23NO3. The first-order valence-corrected chi connectivity index (χ1v) is 9.95. The first kappa shape index (κ1) is 17.1. The maximum Gasteiger partial charge on any atom is 0.254 e. The summed E-state index contributed by atoms with van der Waals surface area (Å²) in [6.07, 6.45) is 7.39. The van der Waals surface area contributed by atoms with Gasteiger partial charge in [-0.2, -0.15) is 0 Å². The van der Waals surface area contributed by atoms with E-state index in [2.05, 4.69) is 5.32 Å². The lowest BCUT2D eigenvalue weighted by atomic mass is 9.64. The summed E-state index contributed by atoms with van der Waals surface area (Å²) in [5.74, 6) is 0.591. The highest BCUT2D eigenvalue weighted by molar-refractivity contribution is 5.98. The average molecular weight is 373 g/mol. The number of aliphatic hydroxyl groups is 1. The number of nitrogens with one attached hydrogen (secondary N) is 1. The van der Waals surface area contributed by atoms with Gasteiger partial charge >= 0.3 is 0 Å². The number of carbonyl (C=O) groups excluding carboxylic acids is 1. The lowest BCUT2D eigenvalue weighted by Crippen LogP contribution is -2.66. The zero-order valence-corrected chi connectivity index (χ0v) is 15.6. The minimum atomic E-state index is -0.652. The van der Waals surface area contributed by atoms with Gasteiger partial charge in [0.05, 0.1) is 5.57 Å². The van der Waals surface area contributed by atoms with Gasteiger partial charge in [0.2, 0.25) is 0 Å². The van der Waals surface area contributed by atoms with Gasteiger partial charge in [0.1, 0.15) is 11.5 Å². The molecule has 28 heavy (non-hydrogen) atoms. The summed E-state index contributed by atoms with van der Waals surface area (Å²) in [5.41, 5.74) is 1.77. The number of benzene rings is 2. The van der Waals surface area contributed by atoms with Gasteiger partial charge < -0.3 is 15.2 Å². The number of rotatable bonds is 2. The van der Waals surface area contributed by atoms with Crippen molar-refractivity contribution in [2.24, 2.45) is 5.92 Å². The Morgan fingerprint density at radius 1 is 1.11 bits per heavy atom. The third-order valence-electron chi connectivity index (χ3n) is 6.25. The van der Waals surface area contributed by atoms with Crippen molar-refractivity contribution in [1.82, 2.24) is 5.32 Å². The Balaban J connectivity index is 1.63. The number of carbonyl (C=O) groups is 1. The smallest absolute Gasteiger partial charge is 0.254 e. The molecule has 2 aliphatic heterocycles. The molecule has 142 valence electrons. The summed E-state index contributed by atoms with van der Waals surface area (Å²) >= 11 is 0. The van der Waals surface area contributed by atoms with Crippen LogP contribution in [0.15, 0.2) is 72.0 Å². The van der Waals surface area contributed by atoms with Crippen molar-refractivity contribution in [2.75, 3.05) is 0 Å². The molecule has 3 atom stereocenters. The maximum atomic E-state index is 13.1. The predicted molar refractivity (Wildman–Crippen MR) is 108 cm³/mol. The van der Waals surface area contributed by atoms with Crippen molar-refractivity contribution in [3.8, 4) is 5.75 Å². The van der Waals surface area contributed by atoms with Crippen molar-refractivity contribution in [1.29, 1.82) is 0 Å². The molecule has 1 saturated carbocycles. The number of para-hydroxylation sites is 1. The lowest BCUT2D eigenvalue weighted by Gasteiger charge is -2.54. The van der Waals surface area contributed by atoms with Crippen LogP contribution in [0, 0.1) is 5.92 Å². The number of fused-ring (bicyclic) bond motifs is 2. The van der Waals surface area contributed by atoms with Gasteiger partial charge in [-0.1, -0.05) is 61.0 Å². The molecule has 4 nitrogen and oxygen atoms in total. The molecule has 2 aromatic rings. The van der Waals surface area contributed by atoms with Crippen LogP contribution in [0.2, 0.25) is 0 Å². The molecule has 2 heterocycles. The zero-order valence-electron chi connectivity index (χ0n) is 15.6. The van der Waals surface area contributed by atoms with E-state index in [1.807, 2.05) is 60.7 Å². The molecule has 5 rings (SSSR count). The van der Waals surface area contributed by atoms with Gasteiger partial charge in [-0.15, -0.1) is 0 Å². The normalized spacial score (nSPS) is 30.1. The second-order valence-corrected chi connectivity index (χ2v) is 7.86. The zero-order chi connectivity index (χ0) is 19.1. The monoisotopic (exact) mass is 373 g/mol. The number of piperidine rings is 1. The Morgan fingerprint density at radius 3 is 2.75 bits per heavy atom. The highest BCUT2D eigenvalue weighted by Crippen LogP contribution is 2.55. The number of aliphatic hydroxyl groups excluding tert-OH is 1. The minimum Gasteiger partial charge on any atom is -0.507 e. The van der Waals surface area contributed by atoms with Crippen molar-refractivity contribution in [2.45, 2.75) is 37.3 Å². The quantitative estimate of drug-likeness (QED) is 0.592. The number of ether oxygens (including phenoxy) is 1. The van der Waals surface area contributed by atoms with Crippen LogP contribution in [0.3, 0.4) is 0 Å². The lowest BCUT2D eigenvalue weighted by molar-refractivity contribution is -0.140. The molecule has 0 unspecified atom stereocenters. The van der Waals surface area contributed by atoms with Crippen molar-refractivity contribution < 1.29 is 14.6 Å². The second kappa shape index (κ2) is 6.55. The highest BCUT2D eigenvalue weighted by Gasteiger charge is 2.57. The standard InChI is InChI=1S/C24H23NO3/c26-19(14-13-16-8-2-1-3-9-16)22-21-17-10-4-5-12-20(17)28-24(25-23(22)27)15-7-6-11-18(21)24/h1-5,8-10,12-14,18,21,26H,6-7,11,15H2,(H,25,27)/b14-13+,22-19-/t18-,21-,24+/m0/s1. The number of amides is 1. The van der Waals surface area contributed by atoms with Crippen LogP contribution in [0.5, 0.6) is 5.75 Å². The Bertz CT molecular complexity index is 978. The highest BCUT2D eigenvalue weighted by atomic mass is 16.5. The molecule has 4 heteroatoms. The number of hydrogen-bond acceptors (Lipinski definition) is 3. The van der Waals surface area contributed by atoms with Crippen LogP contribution >= 0.6 is 0 Å². The minimum absolute atomic E-state index is 0.0298. The first-order valence-electron chi connectivity index (χ1n) is 9.95. The topological polar surface area (TPSA) is 58.6 Å². The first-order chi connectivity index (χ1) is 13.7. The van der Waals surface area contributed by atoms with E-state index in [4.69, 9.17) is 4.74 Å². The van der Waals surface area contributed by atoms with Gasteiger partial charge in [-0.05, 0) is 30.5 Å². The van der Waals surface area contributed by atoms with E-state index in [9.17, 15) is 9.90 Å². The Labute approximate surface area is 164 Å². The van der Waals surface area contributed by atoms with E-state index in [1.165, 1.54) is 0 Å². The van der Waals surface area contributed by atoms with Crippen LogP contribution in [-0.4, -0.2) is 16.7 Å². The van der Waals surface area contributed by atoms with E-state index >= 15 is 0 Å². The molecule has 1 amide bonds. The molecular weight excluding hydrogens is 350 g/mol. The van der Waals surface area contributed by atoms with Crippen LogP contribution in [0.4, 0.5) is 0 Å². The van der Waals surface area contributed by atoms with Crippen molar-refractivity contribution >= 4 is 12.0 Å². The van der Waals surface area contributed by atoms with Crippen molar-refractivity contribution in [3.05, 3.63) is 83.1 Å². The van der Waals surface area contributed by atoms with Gasteiger partial charge in [-0.3, -0.25) is 4.79 Å². The summed E-state index contributed by atoms with van der Waals surface area (Å²) in [6, 6.07) is 17.7. The van der Waals surface area contributed by atoms with Gasteiger partial charge in [-0.25, -0.2) is 0 Å². The van der Waals surface area contributed by atoms with Crippen LogP contribution in [0.25, 0.3) is 6.08 Å². The van der Waals surface area contributed by atoms with Crippen LogP contribution < -0.4 is 10.1 Å². The van der Waals surface area contributed by atoms with Crippen LogP contribution in [0.1, 0.15) is 42.7 Å². The summed E-state index contributed by atoms with van der Waals surface area (Å²) in [6.45, 7) is 0. The fourth-order valence-electron chi connectivity index (χ4n) is 5.02. The maximum absolute atomic E-state index is 13.1.